The molecule has 0 bridgehead atoms. The smallest absolute Gasteiger partial charge is 0.252 e. The van der Waals surface area contributed by atoms with Crippen molar-refractivity contribution in [3.05, 3.63) is 17.0 Å². The van der Waals surface area contributed by atoms with Crippen molar-refractivity contribution >= 4 is 27.3 Å². The van der Waals surface area contributed by atoms with Gasteiger partial charge in [0.1, 0.15) is 4.21 Å². The van der Waals surface area contributed by atoms with Crippen LogP contribution < -0.4 is 10.6 Å². The van der Waals surface area contributed by atoms with Crippen molar-refractivity contribution in [1.82, 2.24) is 14.9 Å². The van der Waals surface area contributed by atoms with Crippen LogP contribution in [0.3, 0.4) is 0 Å². The minimum atomic E-state index is -3.34. The normalized spacial score (nSPS) is 16.8. The van der Waals surface area contributed by atoms with Crippen molar-refractivity contribution in [2.75, 3.05) is 39.9 Å². The molecule has 9 heteroatoms. The molecule has 1 aromatic rings. The van der Waals surface area contributed by atoms with Gasteiger partial charge in [0, 0.05) is 38.2 Å². The molecule has 1 fully saturated rings. The van der Waals surface area contributed by atoms with Crippen LogP contribution in [0.4, 0.5) is 0 Å². The lowest BCUT2D eigenvalue weighted by Crippen LogP contribution is -2.38. The molecule has 1 aliphatic rings. The maximum Gasteiger partial charge on any atom is 0.252 e. The molecule has 142 valence electrons. The van der Waals surface area contributed by atoms with E-state index in [-0.39, 0.29) is 0 Å². The Morgan fingerprint density at radius 3 is 2.72 bits per heavy atom. The number of nitrogens with zero attached hydrogens (tertiary/aromatic N) is 2. The highest BCUT2D eigenvalue weighted by Gasteiger charge is 2.27. The lowest BCUT2D eigenvalue weighted by Gasteiger charge is -2.25. The van der Waals surface area contributed by atoms with Crippen LogP contribution in [0.2, 0.25) is 0 Å². The van der Waals surface area contributed by atoms with Crippen molar-refractivity contribution in [3.63, 3.8) is 0 Å². The van der Waals surface area contributed by atoms with Crippen LogP contribution in [0.25, 0.3) is 0 Å². The standard InChI is InChI=1S/C16H28N4O3S2/c1-3-23-12-9-18-16(17-2)19-13-14-7-8-15(24-14)25(21,22)20-10-5-4-6-11-20/h7-8H,3-6,9-13H2,1-2H3,(H2,17,18,19). The lowest BCUT2D eigenvalue weighted by molar-refractivity contribution is 0.152. The Balaban J connectivity index is 1.88. The average molecular weight is 389 g/mol. The summed E-state index contributed by atoms with van der Waals surface area (Å²) in [7, 11) is -1.64. The van der Waals surface area contributed by atoms with Gasteiger partial charge in [-0.3, -0.25) is 4.99 Å². The van der Waals surface area contributed by atoms with E-state index in [0.717, 1.165) is 24.1 Å². The first kappa shape index (κ1) is 20.2. The summed E-state index contributed by atoms with van der Waals surface area (Å²) >= 11 is 1.32. The lowest BCUT2D eigenvalue weighted by atomic mass is 10.2. The number of ether oxygens (including phenoxy) is 1. The van der Waals surface area contributed by atoms with E-state index in [9.17, 15) is 8.42 Å². The minimum Gasteiger partial charge on any atom is -0.380 e. The van der Waals surface area contributed by atoms with Gasteiger partial charge in [-0.2, -0.15) is 4.31 Å². The molecular formula is C16H28N4O3S2. The summed E-state index contributed by atoms with van der Waals surface area (Å²) in [6.07, 6.45) is 3.01. The predicted molar refractivity (Wildman–Crippen MR) is 102 cm³/mol. The van der Waals surface area contributed by atoms with Gasteiger partial charge in [0.05, 0.1) is 13.2 Å². The third kappa shape index (κ3) is 5.95. The maximum absolute atomic E-state index is 12.7. The molecule has 25 heavy (non-hydrogen) atoms. The van der Waals surface area contributed by atoms with Crippen LogP contribution in [-0.4, -0.2) is 58.6 Å². The Kier molecular flexibility index (Phi) is 8.14. The second-order valence-electron chi connectivity index (χ2n) is 5.73. The summed E-state index contributed by atoms with van der Waals surface area (Å²) in [5.41, 5.74) is 0. The Morgan fingerprint density at radius 2 is 2.04 bits per heavy atom. The second kappa shape index (κ2) is 10.1. The van der Waals surface area contributed by atoms with Crippen molar-refractivity contribution < 1.29 is 13.2 Å². The summed E-state index contributed by atoms with van der Waals surface area (Å²) in [6, 6.07) is 3.57. The molecule has 2 rings (SSSR count). The van der Waals surface area contributed by atoms with Crippen LogP contribution in [0.1, 0.15) is 31.1 Å². The van der Waals surface area contributed by atoms with Crippen LogP contribution >= 0.6 is 11.3 Å². The van der Waals surface area contributed by atoms with Gasteiger partial charge >= 0.3 is 0 Å². The molecule has 7 nitrogen and oxygen atoms in total. The van der Waals surface area contributed by atoms with Gasteiger partial charge in [-0.05, 0) is 31.9 Å². The zero-order chi connectivity index (χ0) is 18.1. The van der Waals surface area contributed by atoms with E-state index in [4.69, 9.17) is 4.74 Å². The van der Waals surface area contributed by atoms with E-state index in [1.54, 1.807) is 17.4 Å². The summed E-state index contributed by atoms with van der Waals surface area (Å²) in [4.78, 5) is 5.11. The second-order valence-corrected chi connectivity index (χ2v) is 9.07. The van der Waals surface area contributed by atoms with Crippen molar-refractivity contribution in [3.8, 4) is 0 Å². The minimum absolute atomic E-state index is 0.422. The van der Waals surface area contributed by atoms with Gasteiger partial charge < -0.3 is 15.4 Å². The number of sulfonamides is 1. The fourth-order valence-corrected chi connectivity index (χ4v) is 5.57. The molecule has 2 heterocycles. The first-order valence-electron chi connectivity index (χ1n) is 8.69. The molecule has 2 N–H and O–H groups in total. The third-order valence-corrected chi connectivity index (χ3v) is 7.39. The molecule has 0 amide bonds. The van der Waals surface area contributed by atoms with Crippen molar-refractivity contribution in [2.45, 2.75) is 36.9 Å². The molecule has 0 spiro atoms. The number of aliphatic imine (C=N–C) groups is 1. The zero-order valence-electron chi connectivity index (χ0n) is 15.0. The molecule has 0 atom stereocenters. The van der Waals surface area contributed by atoms with E-state index < -0.39 is 10.0 Å². The highest BCUT2D eigenvalue weighted by Crippen LogP contribution is 2.26. The fourth-order valence-electron chi connectivity index (χ4n) is 2.60. The maximum atomic E-state index is 12.7. The van der Waals surface area contributed by atoms with Crippen LogP contribution in [-0.2, 0) is 21.3 Å². The number of hydrogen-bond donors (Lipinski definition) is 2. The van der Waals surface area contributed by atoms with Gasteiger partial charge in [0.15, 0.2) is 5.96 Å². The third-order valence-electron chi connectivity index (χ3n) is 3.94. The molecule has 0 unspecified atom stereocenters. The highest BCUT2D eigenvalue weighted by molar-refractivity contribution is 7.91. The molecule has 0 aliphatic carbocycles. The molecule has 1 aliphatic heterocycles. The van der Waals surface area contributed by atoms with E-state index in [2.05, 4.69) is 15.6 Å². The monoisotopic (exact) mass is 388 g/mol. The predicted octanol–water partition coefficient (Wildman–Crippen LogP) is 1.62. The van der Waals surface area contributed by atoms with Gasteiger partial charge in [0.2, 0.25) is 0 Å². The highest BCUT2D eigenvalue weighted by atomic mass is 32.2. The van der Waals surface area contributed by atoms with Crippen molar-refractivity contribution in [1.29, 1.82) is 0 Å². The molecule has 0 saturated carbocycles. The summed E-state index contributed by atoms with van der Waals surface area (Å²) in [5, 5.41) is 6.35. The molecule has 1 aromatic heterocycles. The van der Waals surface area contributed by atoms with E-state index in [0.29, 0.717) is 49.6 Å². The fraction of sp³-hybridized carbons (Fsp3) is 0.688. The summed E-state index contributed by atoms with van der Waals surface area (Å²) < 4.78 is 32.6. The number of piperidine rings is 1. The Morgan fingerprint density at radius 1 is 1.28 bits per heavy atom. The Hall–Kier alpha value is -1.16. The number of thiophene rings is 1. The number of hydrogen-bond acceptors (Lipinski definition) is 5. The topological polar surface area (TPSA) is 83.0 Å². The number of nitrogens with one attached hydrogen (secondary N) is 2. The molecule has 0 aromatic carbocycles. The number of guanidine groups is 1. The van der Waals surface area contributed by atoms with Gasteiger partial charge in [0.25, 0.3) is 10.0 Å². The Bertz CT molecular complexity index is 652. The average Bonchev–Trinajstić information content (AvgIpc) is 3.12. The molecule has 1 saturated heterocycles. The first-order valence-corrected chi connectivity index (χ1v) is 10.9. The molecule has 0 radical (unpaired) electrons. The Labute approximate surface area is 154 Å². The summed E-state index contributed by atoms with van der Waals surface area (Å²) in [5.74, 6) is 0.675. The quantitative estimate of drug-likeness (QED) is 0.402. The van der Waals surface area contributed by atoms with Gasteiger partial charge in [-0.25, -0.2) is 8.42 Å². The van der Waals surface area contributed by atoms with Crippen LogP contribution in [0.5, 0.6) is 0 Å². The van der Waals surface area contributed by atoms with Crippen LogP contribution in [0.15, 0.2) is 21.3 Å². The summed E-state index contributed by atoms with van der Waals surface area (Å²) in [6.45, 7) is 5.74. The SMILES string of the molecule is CCOCCNC(=NC)NCc1ccc(S(=O)(=O)N2CCCCC2)s1. The first-order chi connectivity index (χ1) is 12.1. The largest absolute Gasteiger partial charge is 0.380 e. The van der Waals surface area contributed by atoms with E-state index in [1.807, 2.05) is 13.0 Å². The number of rotatable bonds is 8. The van der Waals surface area contributed by atoms with Crippen LogP contribution in [0, 0.1) is 0 Å². The zero-order valence-corrected chi connectivity index (χ0v) is 16.6. The van der Waals surface area contributed by atoms with E-state index >= 15 is 0 Å². The van der Waals surface area contributed by atoms with Gasteiger partial charge in [-0.1, -0.05) is 6.42 Å². The van der Waals surface area contributed by atoms with Gasteiger partial charge in [-0.15, -0.1) is 11.3 Å². The van der Waals surface area contributed by atoms with E-state index in [1.165, 1.54) is 11.3 Å². The molecular weight excluding hydrogens is 360 g/mol. The van der Waals surface area contributed by atoms with Crippen molar-refractivity contribution in [2.24, 2.45) is 4.99 Å².